The van der Waals surface area contributed by atoms with Crippen LogP contribution in [0.5, 0.6) is 0 Å². The van der Waals surface area contributed by atoms with E-state index in [2.05, 4.69) is 65.6 Å². The molecule has 166 valence electrons. The Morgan fingerprint density at radius 3 is 2.12 bits per heavy atom. The molecule has 2 fully saturated rings. The number of likely N-dealkylation sites (tertiary alicyclic amines) is 1. The summed E-state index contributed by atoms with van der Waals surface area (Å²) >= 11 is 0. The van der Waals surface area contributed by atoms with E-state index in [0.717, 1.165) is 32.1 Å². The highest BCUT2D eigenvalue weighted by atomic mass is 16.1. The Labute approximate surface area is 193 Å². The number of Topliss-reactive ketones (excluding diaryl/α,β-unsaturated/α-hetero) is 1. The highest BCUT2D eigenvalue weighted by Gasteiger charge is 2.23. The molecule has 1 saturated carbocycles. The number of carbonyl (C=O) groups is 1. The Hall–Kier alpha value is -2.45. The van der Waals surface area contributed by atoms with Crippen LogP contribution in [0.4, 0.5) is 0 Å². The van der Waals surface area contributed by atoms with Crippen molar-refractivity contribution in [3.63, 3.8) is 0 Å². The van der Waals surface area contributed by atoms with E-state index >= 15 is 0 Å². The fraction of sp³-hybridized carbons (Fsp3) is 0.433. The molecule has 3 aliphatic rings. The smallest absolute Gasteiger partial charge is 0.133 e. The minimum atomic E-state index is 0.495. The maximum atomic E-state index is 11.7. The molecule has 0 amide bonds. The second kappa shape index (κ2) is 10.0. The lowest BCUT2D eigenvalue weighted by molar-refractivity contribution is -0.121. The molecule has 1 unspecified atom stereocenters. The van der Waals surface area contributed by atoms with Gasteiger partial charge in [-0.15, -0.1) is 0 Å². The second-order valence-corrected chi connectivity index (χ2v) is 9.82. The number of fused-ring (bicyclic) bond motifs is 2. The summed E-state index contributed by atoms with van der Waals surface area (Å²) < 4.78 is 0. The Bertz CT molecular complexity index is 969. The number of piperidine rings is 1. The average molecular weight is 426 g/mol. The van der Waals surface area contributed by atoms with Crippen molar-refractivity contribution in [1.82, 2.24) is 4.90 Å². The molecule has 1 atom stereocenters. The number of carbonyl (C=O) groups excluding carboxylic acids is 1. The van der Waals surface area contributed by atoms with Gasteiger partial charge in [0.15, 0.2) is 0 Å². The van der Waals surface area contributed by atoms with Crippen LogP contribution in [0, 0.1) is 5.92 Å². The van der Waals surface area contributed by atoms with E-state index in [1.165, 1.54) is 73.1 Å². The van der Waals surface area contributed by atoms with Crippen molar-refractivity contribution < 1.29 is 4.79 Å². The average Bonchev–Trinajstić information content (AvgIpc) is 2.99. The van der Waals surface area contributed by atoms with Crippen molar-refractivity contribution in [2.75, 3.05) is 19.6 Å². The zero-order chi connectivity index (χ0) is 21.8. The summed E-state index contributed by atoms with van der Waals surface area (Å²) in [4.78, 5) is 14.3. The van der Waals surface area contributed by atoms with E-state index in [4.69, 9.17) is 0 Å². The summed E-state index contributed by atoms with van der Waals surface area (Å²) in [6, 6.07) is 17.7. The van der Waals surface area contributed by atoms with Gasteiger partial charge in [-0.25, -0.2) is 0 Å². The van der Waals surface area contributed by atoms with Crippen molar-refractivity contribution in [1.29, 1.82) is 0 Å². The molecular formula is C30H35NO. The first-order chi connectivity index (χ1) is 15.8. The van der Waals surface area contributed by atoms with Crippen LogP contribution in [-0.4, -0.2) is 30.3 Å². The fourth-order valence-corrected chi connectivity index (χ4v) is 5.87. The van der Waals surface area contributed by atoms with E-state index in [9.17, 15) is 4.79 Å². The number of hydrogen-bond acceptors (Lipinski definition) is 2. The van der Waals surface area contributed by atoms with Crippen LogP contribution in [0.3, 0.4) is 0 Å². The predicted molar refractivity (Wildman–Crippen MR) is 134 cm³/mol. The molecule has 0 aromatic heterocycles. The van der Waals surface area contributed by atoms with Crippen molar-refractivity contribution >= 4 is 23.5 Å². The van der Waals surface area contributed by atoms with Crippen molar-refractivity contribution in [3.8, 4) is 0 Å². The molecule has 0 radical (unpaired) electrons. The molecule has 0 bridgehead atoms. The number of ketones is 1. The first-order valence-corrected chi connectivity index (χ1v) is 12.6. The molecule has 2 nitrogen and oxygen atoms in total. The van der Waals surface area contributed by atoms with Gasteiger partial charge in [0.25, 0.3) is 0 Å². The molecule has 2 aromatic carbocycles. The Balaban J connectivity index is 1.23. The molecule has 1 saturated heterocycles. The summed E-state index contributed by atoms with van der Waals surface area (Å²) in [7, 11) is 0. The first kappa shape index (κ1) is 21.4. The Morgan fingerprint density at radius 1 is 0.812 bits per heavy atom. The lowest BCUT2D eigenvalue weighted by atomic mass is 9.85. The van der Waals surface area contributed by atoms with Gasteiger partial charge in [-0.3, -0.25) is 4.79 Å². The molecule has 1 heterocycles. The zero-order valence-electron chi connectivity index (χ0n) is 19.2. The lowest BCUT2D eigenvalue weighted by Crippen LogP contribution is -2.32. The van der Waals surface area contributed by atoms with Gasteiger partial charge in [0.1, 0.15) is 5.78 Å². The zero-order valence-corrected chi connectivity index (χ0v) is 19.2. The molecule has 5 rings (SSSR count). The third-order valence-electron chi connectivity index (χ3n) is 7.64. The summed E-state index contributed by atoms with van der Waals surface area (Å²) in [5.74, 6) is 1.16. The molecule has 1 aliphatic heterocycles. The van der Waals surface area contributed by atoms with Crippen LogP contribution < -0.4 is 0 Å². The number of nitrogens with zero attached hydrogens (tertiary/aromatic N) is 1. The van der Waals surface area contributed by atoms with E-state index in [-0.39, 0.29) is 0 Å². The SMILES string of the molecule is O=C1CCCC(CCCCN2CCC(=C3c4ccccc4C=Cc4ccccc43)CC2)C1. The van der Waals surface area contributed by atoms with Crippen LogP contribution >= 0.6 is 0 Å². The Kier molecular flexibility index (Phi) is 6.69. The second-order valence-electron chi connectivity index (χ2n) is 9.82. The fourth-order valence-electron chi connectivity index (χ4n) is 5.87. The third-order valence-corrected chi connectivity index (χ3v) is 7.64. The monoisotopic (exact) mass is 425 g/mol. The molecule has 0 N–H and O–H groups in total. The largest absolute Gasteiger partial charge is 0.303 e. The van der Waals surface area contributed by atoms with Crippen LogP contribution in [-0.2, 0) is 4.79 Å². The molecule has 2 heteroatoms. The molecule has 32 heavy (non-hydrogen) atoms. The highest BCUT2D eigenvalue weighted by Crippen LogP contribution is 2.38. The number of hydrogen-bond donors (Lipinski definition) is 0. The summed E-state index contributed by atoms with van der Waals surface area (Å²) in [5.41, 5.74) is 8.52. The molecule has 2 aliphatic carbocycles. The van der Waals surface area contributed by atoms with Gasteiger partial charge in [-0.1, -0.05) is 72.7 Å². The Morgan fingerprint density at radius 2 is 1.47 bits per heavy atom. The maximum Gasteiger partial charge on any atom is 0.133 e. The van der Waals surface area contributed by atoms with Crippen LogP contribution in [0.2, 0.25) is 0 Å². The van der Waals surface area contributed by atoms with Gasteiger partial charge >= 0.3 is 0 Å². The molecule has 2 aromatic rings. The van der Waals surface area contributed by atoms with Gasteiger partial charge in [0.05, 0.1) is 0 Å². The predicted octanol–water partition coefficient (Wildman–Crippen LogP) is 7.00. The maximum absolute atomic E-state index is 11.7. The van der Waals surface area contributed by atoms with Crippen LogP contribution in [0.15, 0.2) is 54.1 Å². The van der Waals surface area contributed by atoms with Gasteiger partial charge in [-0.2, -0.15) is 0 Å². The van der Waals surface area contributed by atoms with E-state index in [0.29, 0.717) is 11.7 Å². The summed E-state index contributed by atoms with van der Waals surface area (Å²) in [6.07, 6.45) is 14.7. The number of benzene rings is 2. The number of unbranched alkanes of at least 4 members (excludes halogenated alkanes) is 1. The van der Waals surface area contributed by atoms with Crippen molar-refractivity contribution in [2.45, 2.75) is 57.8 Å². The van der Waals surface area contributed by atoms with E-state index in [1.54, 1.807) is 5.57 Å². The van der Waals surface area contributed by atoms with Gasteiger partial charge in [-0.05, 0) is 78.8 Å². The standard InChI is InChI=1S/C30H35NO/c32-27-12-7-9-23(22-27)8-5-6-19-31-20-17-26(18-21-31)30-28-13-3-1-10-24(28)15-16-25-11-2-4-14-29(25)30/h1-4,10-11,13-16,23H,5-9,12,17-22H2. The van der Waals surface area contributed by atoms with E-state index in [1.807, 2.05) is 0 Å². The van der Waals surface area contributed by atoms with Crippen molar-refractivity contribution in [3.05, 3.63) is 76.4 Å². The van der Waals surface area contributed by atoms with Gasteiger partial charge in [0, 0.05) is 25.9 Å². The third kappa shape index (κ3) is 4.81. The molecular weight excluding hydrogens is 390 g/mol. The normalized spacial score (nSPS) is 21.2. The molecule has 0 spiro atoms. The van der Waals surface area contributed by atoms with E-state index < -0.39 is 0 Å². The van der Waals surface area contributed by atoms with Crippen LogP contribution in [0.1, 0.15) is 80.0 Å². The minimum absolute atomic E-state index is 0.495. The number of rotatable bonds is 5. The first-order valence-electron chi connectivity index (χ1n) is 12.6. The summed E-state index contributed by atoms with van der Waals surface area (Å²) in [5, 5.41) is 0. The van der Waals surface area contributed by atoms with Crippen molar-refractivity contribution in [2.24, 2.45) is 5.92 Å². The quantitative estimate of drug-likeness (QED) is 0.410. The topological polar surface area (TPSA) is 20.3 Å². The van der Waals surface area contributed by atoms with Gasteiger partial charge < -0.3 is 4.90 Å². The minimum Gasteiger partial charge on any atom is -0.303 e. The summed E-state index contributed by atoms with van der Waals surface area (Å²) in [6.45, 7) is 3.54. The lowest BCUT2D eigenvalue weighted by Gasteiger charge is -2.30. The van der Waals surface area contributed by atoms with Crippen LogP contribution in [0.25, 0.3) is 17.7 Å². The highest BCUT2D eigenvalue weighted by molar-refractivity contribution is 5.94. The van der Waals surface area contributed by atoms with Gasteiger partial charge in [0.2, 0.25) is 0 Å².